The average molecular weight is 589 g/mol. The van der Waals surface area contributed by atoms with Crippen LogP contribution in [0.1, 0.15) is 113 Å². The van der Waals surface area contributed by atoms with E-state index in [0.29, 0.717) is 50.0 Å². The molecule has 4 heterocycles. The van der Waals surface area contributed by atoms with Crippen LogP contribution in [0.25, 0.3) is 0 Å². The van der Waals surface area contributed by atoms with Crippen molar-refractivity contribution in [3.8, 4) is 0 Å². The third kappa shape index (κ3) is 6.54. The van der Waals surface area contributed by atoms with Gasteiger partial charge in [-0.15, -0.1) is 0 Å². The number of ether oxygens (including phenoxy) is 4. The predicted molar refractivity (Wildman–Crippen MR) is 156 cm³/mol. The summed E-state index contributed by atoms with van der Waals surface area (Å²) < 4.78 is 25.8. The first kappa shape index (κ1) is 31.3. The molecule has 2 atom stereocenters. The number of carboxylic acid groups (broad SMARTS) is 2. The topological polar surface area (TPSA) is 136 Å². The lowest BCUT2D eigenvalue weighted by molar-refractivity contribution is -0.215. The molecule has 4 aliphatic rings. The molecule has 0 aliphatic carbocycles. The van der Waals surface area contributed by atoms with Gasteiger partial charge in [0.05, 0.1) is 36.5 Å². The van der Waals surface area contributed by atoms with Gasteiger partial charge in [-0.05, 0) is 78.6 Å². The maximum absolute atomic E-state index is 12.4. The Morgan fingerprint density at radius 2 is 0.976 bits per heavy atom. The Morgan fingerprint density at radius 3 is 1.26 bits per heavy atom. The van der Waals surface area contributed by atoms with Gasteiger partial charge in [-0.3, -0.25) is 0 Å². The first-order chi connectivity index (χ1) is 19.2. The van der Waals surface area contributed by atoms with E-state index < -0.39 is 35.7 Å². The van der Waals surface area contributed by atoms with Gasteiger partial charge in [0.1, 0.15) is 0 Å². The molecule has 0 bridgehead atoms. The number of carbonyl (C=O) groups is 2. The Morgan fingerprint density at radius 1 is 0.667 bits per heavy atom. The van der Waals surface area contributed by atoms with Gasteiger partial charge in [-0.1, -0.05) is 0 Å². The lowest BCUT2D eigenvalue weighted by Gasteiger charge is -2.50. The minimum atomic E-state index is -1.11. The molecule has 10 heteroatoms. The molecule has 10 nitrogen and oxygen atoms in total. The van der Waals surface area contributed by atoms with Crippen LogP contribution in [-0.2, 0) is 31.8 Å². The SMILES string of the molecule is CC1(C)CC2(CC(C)(C)N1)OCC(Cc1c(C(=O)O)ccc(C(=O)O)c1CC1COC3(CC(C)(C)NC(C)(C)C3)O1)O2. The number of hydrogen-bond acceptors (Lipinski definition) is 8. The van der Waals surface area contributed by atoms with Crippen LogP contribution in [0.5, 0.6) is 0 Å². The van der Waals surface area contributed by atoms with Crippen molar-refractivity contribution in [3.05, 3.63) is 34.4 Å². The van der Waals surface area contributed by atoms with Gasteiger partial charge >= 0.3 is 11.9 Å². The molecule has 4 aliphatic heterocycles. The first-order valence-electron chi connectivity index (χ1n) is 15.0. The van der Waals surface area contributed by atoms with Crippen LogP contribution >= 0.6 is 0 Å². The highest BCUT2D eigenvalue weighted by atomic mass is 16.8. The maximum Gasteiger partial charge on any atom is 0.335 e. The van der Waals surface area contributed by atoms with Gasteiger partial charge in [0.2, 0.25) is 0 Å². The molecular formula is C32H48N2O8. The second-order valence-corrected chi connectivity index (χ2v) is 15.6. The highest BCUT2D eigenvalue weighted by molar-refractivity contribution is 5.95. The molecule has 0 amide bonds. The van der Waals surface area contributed by atoms with E-state index in [2.05, 4.69) is 66.0 Å². The van der Waals surface area contributed by atoms with Crippen molar-refractivity contribution in [2.45, 2.75) is 140 Å². The molecule has 2 unspecified atom stereocenters. The van der Waals surface area contributed by atoms with Gasteiger partial charge in [0.15, 0.2) is 11.6 Å². The Labute approximate surface area is 248 Å². The molecule has 5 rings (SSSR count). The van der Waals surface area contributed by atoms with E-state index in [9.17, 15) is 19.8 Å². The van der Waals surface area contributed by atoms with Crippen LogP contribution in [0, 0.1) is 0 Å². The van der Waals surface area contributed by atoms with Crippen molar-refractivity contribution in [2.75, 3.05) is 13.2 Å². The number of piperidine rings is 2. The predicted octanol–water partition coefficient (Wildman–Crippen LogP) is 4.27. The van der Waals surface area contributed by atoms with Crippen LogP contribution < -0.4 is 10.6 Å². The fourth-order valence-electron chi connectivity index (χ4n) is 8.65. The quantitative estimate of drug-likeness (QED) is 0.381. The summed E-state index contributed by atoms with van der Waals surface area (Å²) in [7, 11) is 0. The molecule has 0 saturated carbocycles. The lowest BCUT2D eigenvalue weighted by Crippen LogP contribution is -2.64. The van der Waals surface area contributed by atoms with Crippen molar-refractivity contribution in [3.63, 3.8) is 0 Å². The third-order valence-corrected chi connectivity index (χ3v) is 8.78. The molecule has 0 radical (unpaired) electrons. The van der Waals surface area contributed by atoms with E-state index in [1.807, 2.05) is 0 Å². The van der Waals surface area contributed by atoms with E-state index in [0.717, 1.165) is 0 Å². The highest BCUT2D eigenvalue weighted by Gasteiger charge is 2.54. The normalized spacial score (nSPS) is 30.0. The zero-order valence-electron chi connectivity index (χ0n) is 26.3. The Balaban J connectivity index is 1.43. The maximum atomic E-state index is 12.4. The van der Waals surface area contributed by atoms with E-state index in [-0.39, 0.29) is 46.1 Å². The number of nitrogens with one attached hydrogen (secondary N) is 2. The van der Waals surface area contributed by atoms with Crippen molar-refractivity contribution in [1.82, 2.24) is 10.6 Å². The fraction of sp³-hybridized carbons (Fsp3) is 0.750. The van der Waals surface area contributed by atoms with Crippen LogP contribution in [-0.4, -0.2) is 81.3 Å². The van der Waals surface area contributed by atoms with Crippen LogP contribution in [0.4, 0.5) is 0 Å². The average Bonchev–Trinajstić information content (AvgIpc) is 3.32. The van der Waals surface area contributed by atoms with Crippen LogP contribution in [0.3, 0.4) is 0 Å². The highest BCUT2D eigenvalue weighted by Crippen LogP contribution is 2.45. The zero-order chi connectivity index (χ0) is 30.9. The summed E-state index contributed by atoms with van der Waals surface area (Å²) in [5, 5.41) is 27.6. The Hall–Kier alpha value is -2.08. The van der Waals surface area contributed by atoms with Gasteiger partial charge in [-0.2, -0.15) is 0 Å². The molecule has 0 aromatic heterocycles. The molecule has 4 N–H and O–H groups in total. The summed E-state index contributed by atoms with van der Waals surface area (Å²) in [6, 6.07) is 2.77. The standard InChI is InChI=1S/C32H48N2O8/c1-27(2)15-31(16-28(3,4)33-27)39-13-19(41-31)11-23-21(25(35)36)9-10-22(26(37)38)24(23)12-20-14-40-32(42-20)17-29(5,6)34-30(7,8)18-32/h9-10,19-20,33-34H,11-18H2,1-8H3,(H,35,36)(H,37,38). The summed E-state index contributed by atoms with van der Waals surface area (Å²) in [6.45, 7) is 17.5. The number of carboxylic acids is 2. The summed E-state index contributed by atoms with van der Waals surface area (Å²) in [5.41, 5.74) is 0.184. The molecule has 4 saturated heterocycles. The molecule has 1 aromatic rings. The van der Waals surface area contributed by atoms with Crippen molar-refractivity contribution in [1.29, 1.82) is 0 Å². The number of benzene rings is 1. The minimum Gasteiger partial charge on any atom is -0.478 e. The molecular weight excluding hydrogens is 540 g/mol. The van der Waals surface area contributed by atoms with E-state index >= 15 is 0 Å². The number of hydrogen-bond donors (Lipinski definition) is 4. The van der Waals surface area contributed by atoms with Gasteiger partial charge < -0.3 is 39.8 Å². The van der Waals surface area contributed by atoms with Crippen LogP contribution in [0.15, 0.2) is 12.1 Å². The van der Waals surface area contributed by atoms with Crippen LogP contribution in [0.2, 0.25) is 0 Å². The molecule has 1 aromatic carbocycles. The van der Waals surface area contributed by atoms with Crippen molar-refractivity contribution in [2.24, 2.45) is 0 Å². The van der Waals surface area contributed by atoms with E-state index in [1.165, 1.54) is 12.1 Å². The van der Waals surface area contributed by atoms with Crippen molar-refractivity contribution < 1.29 is 38.7 Å². The number of aromatic carboxylic acids is 2. The van der Waals surface area contributed by atoms with E-state index in [1.54, 1.807) is 0 Å². The summed E-state index contributed by atoms with van der Waals surface area (Å²) in [5.74, 6) is -3.80. The Bertz CT molecular complexity index is 1130. The molecule has 4 fully saturated rings. The summed E-state index contributed by atoms with van der Waals surface area (Å²) in [4.78, 5) is 24.9. The monoisotopic (exact) mass is 588 g/mol. The minimum absolute atomic E-state index is 0.0725. The first-order valence-corrected chi connectivity index (χ1v) is 15.0. The second kappa shape index (κ2) is 10.2. The van der Waals surface area contributed by atoms with Gasteiger partial charge in [-0.25, -0.2) is 9.59 Å². The smallest absolute Gasteiger partial charge is 0.335 e. The summed E-state index contributed by atoms with van der Waals surface area (Å²) in [6.07, 6.45) is 2.17. The zero-order valence-corrected chi connectivity index (χ0v) is 26.3. The van der Waals surface area contributed by atoms with Crippen molar-refractivity contribution >= 4 is 11.9 Å². The van der Waals surface area contributed by atoms with Gasteiger partial charge in [0, 0.05) is 60.7 Å². The second-order valence-electron chi connectivity index (χ2n) is 15.6. The fourth-order valence-corrected chi connectivity index (χ4v) is 8.65. The number of rotatable bonds is 6. The Kier molecular flexibility index (Phi) is 7.64. The third-order valence-electron chi connectivity index (χ3n) is 8.78. The molecule has 42 heavy (non-hydrogen) atoms. The van der Waals surface area contributed by atoms with E-state index in [4.69, 9.17) is 18.9 Å². The van der Waals surface area contributed by atoms with Gasteiger partial charge in [0.25, 0.3) is 0 Å². The lowest BCUT2D eigenvalue weighted by atomic mass is 9.78. The largest absolute Gasteiger partial charge is 0.478 e. The summed E-state index contributed by atoms with van der Waals surface area (Å²) >= 11 is 0. The molecule has 234 valence electrons. The molecule has 2 spiro atoms.